The maximum atomic E-state index is 13.2. The van der Waals surface area contributed by atoms with Crippen molar-refractivity contribution in [3.8, 4) is 11.3 Å². The molecule has 0 saturated carbocycles. The van der Waals surface area contributed by atoms with E-state index in [1.165, 1.54) is 0 Å². The number of sulfonamides is 1. The van der Waals surface area contributed by atoms with Gasteiger partial charge in [0, 0.05) is 50.2 Å². The van der Waals surface area contributed by atoms with Gasteiger partial charge in [0.2, 0.25) is 10.0 Å². The smallest absolute Gasteiger partial charge is 0.290 e. The summed E-state index contributed by atoms with van der Waals surface area (Å²) in [5, 5.41) is 11.1. The molecule has 9 nitrogen and oxygen atoms in total. The molecule has 3 heterocycles. The lowest BCUT2D eigenvalue weighted by Crippen LogP contribution is -2.39. The van der Waals surface area contributed by atoms with Crippen LogP contribution in [0.5, 0.6) is 0 Å². The first-order chi connectivity index (χ1) is 14.4. The fourth-order valence-corrected chi connectivity index (χ4v) is 5.37. The highest BCUT2D eigenvalue weighted by atomic mass is 32.2. The molecular weight excluding hydrogens is 406 g/mol. The van der Waals surface area contributed by atoms with E-state index in [0.29, 0.717) is 18.0 Å². The molecule has 1 aliphatic rings. The second kappa shape index (κ2) is 9.23. The summed E-state index contributed by atoms with van der Waals surface area (Å²) in [7, 11) is -1.66. The van der Waals surface area contributed by atoms with Gasteiger partial charge in [-0.2, -0.15) is 9.40 Å². The SMILES string of the molecule is Cc1cc(S(=O)(=O)N2CCCC(c3ncc[nH]3)C2)ccc1-c1ccnn1C.O=CO. The first kappa shape index (κ1) is 21.7. The minimum Gasteiger partial charge on any atom is -0.483 e. The number of nitrogens with one attached hydrogen (secondary N) is 1. The van der Waals surface area contributed by atoms with Crippen molar-refractivity contribution in [2.24, 2.45) is 7.05 Å². The molecule has 1 unspecified atom stereocenters. The van der Waals surface area contributed by atoms with Gasteiger partial charge < -0.3 is 10.1 Å². The maximum absolute atomic E-state index is 13.2. The van der Waals surface area contributed by atoms with Crippen LogP contribution in [0.1, 0.15) is 30.1 Å². The number of hydrogen-bond donors (Lipinski definition) is 2. The molecule has 2 N–H and O–H groups in total. The average molecular weight is 432 g/mol. The van der Waals surface area contributed by atoms with Crippen LogP contribution in [-0.4, -0.2) is 57.1 Å². The maximum Gasteiger partial charge on any atom is 0.290 e. The zero-order chi connectivity index (χ0) is 21.7. The summed E-state index contributed by atoms with van der Waals surface area (Å²) in [4.78, 5) is 16.1. The normalized spacial score (nSPS) is 17.2. The first-order valence-corrected chi connectivity index (χ1v) is 11.0. The summed E-state index contributed by atoms with van der Waals surface area (Å²) >= 11 is 0. The third-order valence-electron chi connectivity index (χ3n) is 5.22. The number of rotatable bonds is 4. The molecule has 3 aromatic rings. The number of hydrogen-bond acceptors (Lipinski definition) is 5. The van der Waals surface area contributed by atoms with Crippen molar-refractivity contribution in [2.45, 2.75) is 30.6 Å². The Bertz CT molecular complexity index is 1090. The molecule has 1 saturated heterocycles. The van der Waals surface area contributed by atoms with Crippen molar-refractivity contribution in [3.63, 3.8) is 0 Å². The van der Waals surface area contributed by atoms with Crippen molar-refractivity contribution in [3.05, 3.63) is 54.2 Å². The average Bonchev–Trinajstić information content (AvgIpc) is 3.41. The van der Waals surface area contributed by atoms with Gasteiger partial charge in [-0.3, -0.25) is 9.48 Å². The van der Waals surface area contributed by atoms with Crippen molar-refractivity contribution in [2.75, 3.05) is 13.1 Å². The molecule has 0 aliphatic carbocycles. The lowest BCUT2D eigenvalue weighted by atomic mass is 9.99. The summed E-state index contributed by atoms with van der Waals surface area (Å²) in [5.74, 6) is 0.968. The van der Waals surface area contributed by atoms with Gasteiger partial charge in [0.15, 0.2) is 0 Å². The van der Waals surface area contributed by atoms with E-state index in [9.17, 15) is 8.42 Å². The third-order valence-corrected chi connectivity index (χ3v) is 7.08. The number of aryl methyl sites for hydroxylation is 2. The van der Waals surface area contributed by atoms with E-state index in [2.05, 4.69) is 15.1 Å². The molecule has 0 radical (unpaired) electrons. The standard InChI is InChI=1S/C19H23N5O2S.CH2O2/c1-14-12-16(5-6-17(14)18-7-8-22-23(18)2)27(25,26)24-11-3-4-15(13-24)19-20-9-10-21-19;2-1-3/h5-10,12,15H,3-4,11,13H2,1-2H3,(H,20,21);1H,(H,2,3). The van der Waals surface area contributed by atoms with Crippen molar-refractivity contribution in [1.29, 1.82) is 0 Å². The lowest BCUT2D eigenvalue weighted by Gasteiger charge is -2.31. The highest BCUT2D eigenvalue weighted by molar-refractivity contribution is 7.89. The number of imidazole rings is 1. The molecule has 1 aliphatic heterocycles. The highest BCUT2D eigenvalue weighted by Gasteiger charge is 2.32. The zero-order valence-electron chi connectivity index (χ0n) is 16.9. The molecule has 0 spiro atoms. The summed E-state index contributed by atoms with van der Waals surface area (Å²) in [5.41, 5.74) is 2.87. The van der Waals surface area contributed by atoms with Crippen LogP contribution in [0.4, 0.5) is 0 Å². The van der Waals surface area contributed by atoms with E-state index in [0.717, 1.165) is 35.5 Å². The Hall–Kier alpha value is -2.98. The minimum atomic E-state index is -3.53. The Morgan fingerprint density at radius 3 is 2.63 bits per heavy atom. The lowest BCUT2D eigenvalue weighted by molar-refractivity contribution is -0.122. The van der Waals surface area contributed by atoms with Crippen LogP contribution in [0.25, 0.3) is 11.3 Å². The topological polar surface area (TPSA) is 121 Å². The Balaban J connectivity index is 0.000000806. The molecule has 1 fully saturated rings. The number of carboxylic acid groups (broad SMARTS) is 1. The largest absolute Gasteiger partial charge is 0.483 e. The van der Waals surface area contributed by atoms with Crippen LogP contribution in [0.3, 0.4) is 0 Å². The number of benzene rings is 1. The summed E-state index contributed by atoms with van der Waals surface area (Å²) in [6.07, 6.45) is 7.00. The van der Waals surface area contributed by atoms with Gasteiger partial charge >= 0.3 is 0 Å². The van der Waals surface area contributed by atoms with Gasteiger partial charge in [-0.05, 0) is 43.5 Å². The quantitative estimate of drug-likeness (QED) is 0.612. The fraction of sp³-hybridized carbons (Fsp3) is 0.350. The predicted octanol–water partition coefficient (Wildman–Crippen LogP) is 2.39. The minimum absolute atomic E-state index is 0.110. The molecule has 1 atom stereocenters. The van der Waals surface area contributed by atoms with Crippen LogP contribution in [0, 0.1) is 6.92 Å². The zero-order valence-corrected chi connectivity index (χ0v) is 17.7. The van der Waals surface area contributed by atoms with Gasteiger partial charge in [0.25, 0.3) is 6.47 Å². The van der Waals surface area contributed by atoms with Crippen LogP contribution in [0.2, 0.25) is 0 Å². The highest BCUT2D eigenvalue weighted by Crippen LogP contribution is 2.31. The molecule has 1 aromatic carbocycles. The second-order valence-corrected chi connectivity index (χ2v) is 9.04. The summed E-state index contributed by atoms with van der Waals surface area (Å²) in [6, 6.07) is 7.25. The summed E-state index contributed by atoms with van der Waals surface area (Å²) < 4.78 is 29.8. The van der Waals surface area contributed by atoms with E-state index < -0.39 is 10.0 Å². The van der Waals surface area contributed by atoms with Crippen LogP contribution >= 0.6 is 0 Å². The Kier molecular flexibility index (Phi) is 6.68. The fourth-order valence-electron chi connectivity index (χ4n) is 3.76. The first-order valence-electron chi connectivity index (χ1n) is 9.54. The monoisotopic (exact) mass is 431 g/mol. The number of H-pyrrole nitrogens is 1. The molecule has 0 bridgehead atoms. The van der Waals surface area contributed by atoms with E-state index in [-0.39, 0.29) is 12.4 Å². The van der Waals surface area contributed by atoms with Gasteiger partial charge in [0.05, 0.1) is 10.6 Å². The number of nitrogens with zero attached hydrogens (tertiary/aromatic N) is 4. The van der Waals surface area contributed by atoms with Crippen molar-refractivity contribution >= 4 is 16.5 Å². The Morgan fingerprint density at radius 1 is 1.27 bits per heavy atom. The molecule has 4 rings (SSSR count). The van der Waals surface area contributed by atoms with Crippen LogP contribution < -0.4 is 0 Å². The van der Waals surface area contributed by atoms with E-state index in [1.54, 1.807) is 39.7 Å². The van der Waals surface area contributed by atoms with E-state index >= 15 is 0 Å². The summed E-state index contributed by atoms with van der Waals surface area (Å²) in [6.45, 7) is 2.68. The molecule has 30 heavy (non-hydrogen) atoms. The van der Waals surface area contributed by atoms with Gasteiger partial charge in [-0.15, -0.1) is 0 Å². The number of aromatic amines is 1. The molecule has 160 valence electrons. The number of piperidine rings is 1. The van der Waals surface area contributed by atoms with Crippen LogP contribution in [0.15, 0.2) is 47.8 Å². The van der Waals surface area contributed by atoms with Gasteiger partial charge in [-0.1, -0.05) is 6.07 Å². The predicted molar refractivity (Wildman–Crippen MR) is 111 cm³/mol. The second-order valence-electron chi connectivity index (χ2n) is 7.10. The van der Waals surface area contributed by atoms with Crippen LogP contribution in [-0.2, 0) is 21.9 Å². The number of carbonyl (C=O) groups is 1. The van der Waals surface area contributed by atoms with Gasteiger partial charge in [0.1, 0.15) is 5.82 Å². The third kappa shape index (κ3) is 4.44. The molecule has 10 heteroatoms. The Labute approximate surface area is 175 Å². The Morgan fingerprint density at radius 2 is 2.03 bits per heavy atom. The molecule has 0 amide bonds. The van der Waals surface area contributed by atoms with Gasteiger partial charge in [-0.25, -0.2) is 13.4 Å². The molecular formula is C20H25N5O4S. The molecule has 2 aromatic heterocycles. The van der Waals surface area contributed by atoms with E-state index in [4.69, 9.17) is 9.90 Å². The van der Waals surface area contributed by atoms with Crippen molar-refractivity contribution in [1.82, 2.24) is 24.1 Å². The van der Waals surface area contributed by atoms with Crippen molar-refractivity contribution < 1.29 is 18.3 Å². The van der Waals surface area contributed by atoms with E-state index in [1.807, 2.05) is 26.1 Å². The number of aromatic nitrogens is 4.